The minimum absolute atomic E-state index is 0.0168. The summed E-state index contributed by atoms with van der Waals surface area (Å²) in [4.78, 5) is 14.4. The Bertz CT molecular complexity index is 1580. The van der Waals surface area contributed by atoms with E-state index in [1.165, 1.54) is 56.1 Å². The van der Waals surface area contributed by atoms with Gasteiger partial charge in [0.15, 0.2) is 15.7 Å². The highest BCUT2D eigenvalue weighted by Crippen LogP contribution is 2.41. The zero-order valence-electron chi connectivity index (χ0n) is 27.3. The Kier molecular flexibility index (Phi) is 10.6. The van der Waals surface area contributed by atoms with Crippen LogP contribution in [0.2, 0.25) is 5.02 Å². The topological polar surface area (TPSA) is 99.7 Å². The maximum atomic E-state index is 13.0. The third-order valence-corrected chi connectivity index (χ3v) is 11.5. The summed E-state index contributed by atoms with van der Waals surface area (Å²) in [7, 11) is -1.32. The number of hydrogen-bond donors (Lipinski definition) is 2. The van der Waals surface area contributed by atoms with Crippen molar-refractivity contribution in [3.8, 4) is 5.75 Å². The molecule has 1 aliphatic heterocycles. The molecule has 2 aromatic carbocycles. The molecule has 0 atom stereocenters. The molecule has 244 valence electrons. The number of nitrogens with one attached hydrogen (secondary N) is 2. The number of nitrogens with zero attached hydrogens (tertiary/aromatic N) is 4. The van der Waals surface area contributed by atoms with E-state index in [-0.39, 0.29) is 16.0 Å². The highest BCUT2D eigenvalue weighted by molar-refractivity contribution is 7.92. The Morgan fingerprint density at radius 2 is 1.64 bits per heavy atom. The minimum atomic E-state index is -3.53. The molecule has 0 amide bonds. The molecule has 1 aromatic heterocycles. The average molecular weight is 655 g/mol. The standard InChI is InChI=1S/C34H47ClN6O3S/c1-22(2)44-31-20-27(25-11-13-26(14-12-25)41-17-15-40(6)16-18-41)24(5)19-30(31)38-34-36-21-28(35)33(39-34)37-29-9-7-8-10-32(29)45(42,43)23(3)4/h7-10,19-23,25-26H,11-18H2,1-6H3,(H2,36,37,38,39)/t25-,26-. The van der Waals surface area contributed by atoms with Gasteiger partial charge in [0.2, 0.25) is 5.95 Å². The monoisotopic (exact) mass is 654 g/mol. The van der Waals surface area contributed by atoms with E-state index in [9.17, 15) is 8.42 Å². The second-order valence-corrected chi connectivity index (χ2v) is 15.8. The van der Waals surface area contributed by atoms with Crippen molar-refractivity contribution < 1.29 is 13.2 Å². The van der Waals surface area contributed by atoms with Gasteiger partial charge in [-0.05, 0) is 109 Å². The second kappa shape index (κ2) is 14.2. The van der Waals surface area contributed by atoms with Crippen molar-refractivity contribution in [2.75, 3.05) is 43.9 Å². The second-order valence-electron chi connectivity index (χ2n) is 12.9. The van der Waals surface area contributed by atoms with E-state index >= 15 is 0 Å². The fourth-order valence-corrected chi connectivity index (χ4v) is 7.71. The zero-order chi connectivity index (χ0) is 32.3. The summed E-state index contributed by atoms with van der Waals surface area (Å²) >= 11 is 6.48. The molecule has 2 heterocycles. The number of halogens is 1. The van der Waals surface area contributed by atoms with Gasteiger partial charge in [-0.3, -0.25) is 4.90 Å². The number of ether oxygens (including phenoxy) is 1. The van der Waals surface area contributed by atoms with Crippen LogP contribution in [0.15, 0.2) is 47.5 Å². The first-order chi connectivity index (χ1) is 21.4. The lowest BCUT2D eigenvalue weighted by Gasteiger charge is -2.41. The van der Waals surface area contributed by atoms with E-state index in [1.54, 1.807) is 38.1 Å². The zero-order valence-corrected chi connectivity index (χ0v) is 28.9. The molecular formula is C34H47ClN6O3S. The lowest BCUT2D eigenvalue weighted by Crippen LogP contribution is -2.49. The predicted molar refractivity (Wildman–Crippen MR) is 183 cm³/mol. The van der Waals surface area contributed by atoms with E-state index < -0.39 is 15.1 Å². The van der Waals surface area contributed by atoms with Crippen molar-refractivity contribution in [3.05, 3.63) is 58.7 Å². The number of aromatic nitrogens is 2. The van der Waals surface area contributed by atoms with Crippen LogP contribution in [-0.4, -0.2) is 78.8 Å². The maximum Gasteiger partial charge on any atom is 0.229 e. The first kappa shape index (κ1) is 33.4. The van der Waals surface area contributed by atoms with Crippen LogP contribution in [-0.2, 0) is 9.84 Å². The molecule has 1 saturated heterocycles. The van der Waals surface area contributed by atoms with E-state index in [0.29, 0.717) is 29.4 Å². The van der Waals surface area contributed by atoms with Crippen molar-refractivity contribution >= 4 is 44.6 Å². The first-order valence-corrected chi connectivity index (χ1v) is 18.0. The molecule has 0 spiro atoms. The molecule has 1 aliphatic carbocycles. The van der Waals surface area contributed by atoms with E-state index in [0.717, 1.165) is 24.5 Å². The minimum Gasteiger partial charge on any atom is -0.489 e. The number of likely N-dealkylation sites (N-methyl/N-ethyl adjacent to an activating group) is 1. The van der Waals surface area contributed by atoms with Crippen LogP contribution in [0, 0.1) is 6.92 Å². The largest absolute Gasteiger partial charge is 0.489 e. The number of aryl methyl sites for hydroxylation is 1. The lowest BCUT2D eigenvalue weighted by atomic mass is 9.79. The Hall–Kier alpha value is -2.92. The molecule has 2 aliphatic rings. The number of hydrogen-bond acceptors (Lipinski definition) is 9. The first-order valence-electron chi connectivity index (χ1n) is 16.1. The average Bonchev–Trinajstić information content (AvgIpc) is 3.00. The van der Waals surface area contributed by atoms with Crippen molar-refractivity contribution in [2.24, 2.45) is 0 Å². The molecule has 2 N–H and O–H groups in total. The number of rotatable bonds is 10. The van der Waals surface area contributed by atoms with Crippen LogP contribution in [0.3, 0.4) is 0 Å². The van der Waals surface area contributed by atoms with Crippen LogP contribution in [0.25, 0.3) is 0 Å². The molecule has 3 aromatic rings. The molecule has 0 radical (unpaired) electrons. The van der Waals surface area contributed by atoms with Gasteiger partial charge in [0.05, 0.1) is 33.8 Å². The molecule has 2 fully saturated rings. The molecule has 5 rings (SSSR count). The number of para-hydroxylation sites is 1. The smallest absolute Gasteiger partial charge is 0.229 e. The Morgan fingerprint density at radius 1 is 0.956 bits per heavy atom. The Labute approximate surface area is 273 Å². The van der Waals surface area contributed by atoms with Crippen molar-refractivity contribution in [1.29, 1.82) is 0 Å². The van der Waals surface area contributed by atoms with Crippen LogP contribution >= 0.6 is 11.6 Å². The highest BCUT2D eigenvalue weighted by atomic mass is 35.5. The van der Waals surface area contributed by atoms with Gasteiger partial charge in [-0.15, -0.1) is 0 Å². The molecule has 0 unspecified atom stereocenters. The van der Waals surface area contributed by atoms with Crippen molar-refractivity contribution in [1.82, 2.24) is 19.8 Å². The normalized spacial score (nSPS) is 20.0. The van der Waals surface area contributed by atoms with Gasteiger partial charge < -0.3 is 20.3 Å². The predicted octanol–water partition coefficient (Wildman–Crippen LogP) is 7.17. The summed E-state index contributed by atoms with van der Waals surface area (Å²) in [5.74, 6) is 1.88. The fourth-order valence-electron chi connectivity index (χ4n) is 6.37. The van der Waals surface area contributed by atoms with Gasteiger partial charge in [-0.1, -0.05) is 23.7 Å². The van der Waals surface area contributed by atoms with Gasteiger partial charge in [0.25, 0.3) is 0 Å². The molecule has 45 heavy (non-hydrogen) atoms. The number of anilines is 4. The summed E-state index contributed by atoms with van der Waals surface area (Å²) in [6, 6.07) is 11.8. The maximum absolute atomic E-state index is 13.0. The van der Waals surface area contributed by atoms with Crippen LogP contribution in [0.1, 0.15) is 70.4 Å². The Morgan fingerprint density at radius 3 is 2.31 bits per heavy atom. The number of benzene rings is 2. The molecule has 0 bridgehead atoms. The fraction of sp³-hybridized carbons (Fsp3) is 0.529. The molecule has 11 heteroatoms. The van der Waals surface area contributed by atoms with Gasteiger partial charge >= 0.3 is 0 Å². The lowest BCUT2D eigenvalue weighted by molar-refractivity contribution is 0.0878. The van der Waals surface area contributed by atoms with Crippen molar-refractivity contribution in [2.45, 2.75) is 88.5 Å². The summed E-state index contributed by atoms with van der Waals surface area (Å²) in [6.07, 6.45) is 6.29. The van der Waals surface area contributed by atoms with Gasteiger partial charge in [0, 0.05) is 32.2 Å². The van der Waals surface area contributed by atoms with Gasteiger partial charge in [-0.25, -0.2) is 13.4 Å². The van der Waals surface area contributed by atoms with Crippen molar-refractivity contribution in [3.63, 3.8) is 0 Å². The Balaban J connectivity index is 1.36. The molecule has 1 saturated carbocycles. The summed E-state index contributed by atoms with van der Waals surface area (Å²) in [6.45, 7) is 14.2. The SMILES string of the molecule is Cc1cc(Nc2ncc(Cl)c(Nc3ccccc3S(=O)(=O)C(C)C)n2)c(OC(C)C)cc1[C@H]1CC[C@H](N2CCN(C)CC2)CC1. The third kappa shape index (κ3) is 7.91. The highest BCUT2D eigenvalue weighted by Gasteiger charge is 2.30. The summed E-state index contributed by atoms with van der Waals surface area (Å²) in [5.41, 5.74) is 3.73. The molecule has 9 nitrogen and oxygen atoms in total. The van der Waals surface area contributed by atoms with Gasteiger partial charge in [-0.2, -0.15) is 4.98 Å². The quantitative estimate of drug-likeness (QED) is 0.236. The van der Waals surface area contributed by atoms with Crippen LogP contribution in [0.4, 0.5) is 23.1 Å². The third-order valence-electron chi connectivity index (χ3n) is 8.98. The summed E-state index contributed by atoms with van der Waals surface area (Å²) in [5, 5.41) is 6.17. The van der Waals surface area contributed by atoms with E-state index in [4.69, 9.17) is 16.3 Å². The van der Waals surface area contributed by atoms with Crippen LogP contribution < -0.4 is 15.4 Å². The molecular weight excluding hydrogens is 608 g/mol. The van der Waals surface area contributed by atoms with E-state index in [1.807, 2.05) is 13.8 Å². The van der Waals surface area contributed by atoms with E-state index in [2.05, 4.69) is 56.5 Å². The number of piperazine rings is 1. The number of sulfone groups is 1. The summed E-state index contributed by atoms with van der Waals surface area (Å²) < 4.78 is 32.3. The van der Waals surface area contributed by atoms with Gasteiger partial charge in [0.1, 0.15) is 10.8 Å². The van der Waals surface area contributed by atoms with Crippen LogP contribution in [0.5, 0.6) is 5.75 Å².